The van der Waals surface area contributed by atoms with Gasteiger partial charge in [0.05, 0.1) is 11.3 Å². The van der Waals surface area contributed by atoms with Crippen LogP contribution < -0.4 is 16.0 Å². The quantitative estimate of drug-likeness (QED) is 0.727. The lowest BCUT2D eigenvalue weighted by atomic mass is 9.99. The molecule has 7 nitrogen and oxygen atoms in total. The third-order valence-electron chi connectivity index (χ3n) is 4.98. The smallest absolute Gasteiger partial charge is 0.254 e. The standard InChI is InChI=1S/C21H22N6O/c1-14-18(12-25-21(22)26-14)20(28)24-11-16-7-4-9-23-19(16)27-10-8-15-5-2-3-6-17(15)13-27/h2-7,9,12H,8,10-11,13H2,1H3,(H,24,28)(H2,22,25,26). The van der Waals surface area contributed by atoms with Gasteiger partial charge in [-0.05, 0) is 30.5 Å². The van der Waals surface area contributed by atoms with Gasteiger partial charge >= 0.3 is 0 Å². The molecule has 1 aromatic carbocycles. The average molecular weight is 374 g/mol. The summed E-state index contributed by atoms with van der Waals surface area (Å²) < 4.78 is 0. The summed E-state index contributed by atoms with van der Waals surface area (Å²) in [4.78, 5) is 27.4. The van der Waals surface area contributed by atoms with Gasteiger partial charge in [0, 0.05) is 37.6 Å². The number of nitrogens with two attached hydrogens (primary N) is 1. The number of anilines is 2. The van der Waals surface area contributed by atoms with Crippen molar-refractivity contribution in [2.75, 3.05) is 17.2 Å². The average Bonchev–Trinajstić information content (AvgIpc) is 2.72. The second kappa shape index (κ2) is 7.64. The highest BCUT2D eigenvalue weighted by atomic mass is 16.1. The highest BCUT2D eigenvalue weighted by Crippen LogP contribution is 2.25. The van der Waals surface area contributed by atoms with Crippen LogP contribution in [0.1, 0.15) is 32.7 Å². The van der Waals surface area contributed by atoms with Gasteiger partial charge in [0.25, 0.3) is 5.91 Å². The second-order valence-electron chi connectivity index (χ2n) is 6.84. The number of hydrogen-bond donors (Lipinski definition) is 2. The van der Waals surface area contributed by atoms with Crippen LogP contribution in [0.15, 0.2) is 48.8 Å². The largest absolute Gasteiger partial charge is 0.368 e. The normalized spacial score (nSPS) is 13.1. The molecule has 2 aromatic heterocycles. The summed E-state index contributed by atoms with van der Waals surface area (Å²) in [5.74, 6) is 0.841. The summed E-state index contributed by atoms with van der Waals surface area (Å²) >= 11 is 0. The van der Waals surface area contributed by atoms with Gasteiger partial charge in [0.1, 0.15) is 5.82 Å². The number of pyridine rings is 1. The van der Waals surface area contributed by atoms with Crippen LogP contribution in [0.5, 0.6) is 0 Å². The number of benzene rings is 1. The fourth-order valence-corrected chi connectivity index (χ4v) is 3.51. The van der Waals surface area contributed by atoms with E-state index in [9.17, 15) is 4.79 Å². The van der Waals surface area contributed by atoms with Crippen molar-refractivity contribution < 1.29 is 4.79 Å². The molecular weight excluding hydrogens is 352 g/mol. The first-order valence-electron chi connectivity index (χ1n) is 9.25. The number of aromatic nitrogens is 3. The second-order valence-corrected chi connectivity index (χ2v) is 6.84. The van der Waals surface area contributed by atoms with Crippen molar-refractivity contribution in [3.8, 4) is 0 Å². The first-order valence-corrected chi connectivity index (χ1v) is 9.25. The topological polar surface area (TPSA) is 97.0 Å². The predicted molar refractivity (Wildman–Crippen MR) is 108 cm³/mol. The first kappa shape index (κ1) is 17.9. The molecule has 0 unspecified atom stereocenters. The molecule has 3 heterocycles. The number of nitrogen functional groups attached to an aromatic ring is 1. The molecule has 0 radical (unpaired) electrons. The zero-order chi connectivity index (χ0) is 19.5. The van der Waals surface area contributed by atoms with E-state index >= 15 is 0 Å². The van der Waals surface area contributed by atoms with Crippen LogP contribution in [-0.2, 0) is 19.5 Å². The van der Waals surface area contributed by atoms with E-state index in [2.05, 4.69) is 49.4 Å². The minimum Gasteiger partial charge on any atom is -0.368 e. The van der Waals surface area contributed by atoms with Gasteiger partial charge in [-0.15, -0.1) is 0 Å². The van der Waals surface area contributed by atoms with Crippen molar-refractivity contribution in [3.05, 3.63) is 76.7 Å². The molecular formula is C21H22N6O. The van der Waals surface area contributed by atoms with Crippen LogP contribution in [0.2, 0.25) is 0 Å². The Hall–Kier alpha value is -3.48. The predicted octanol–water partition coefficient (Wildman–Crippen LogP) is 2.25. The first-order chi connectivity index (χ1) is 13.6. The molecule has 0 spiro atoms. The lowest BCUT2D eigenvalue weighted by Gasteiger charge is -2.31. The van der Waals surface area contributed by atoms with Crippen molar-refractivity contribution in [2.24, 2.45) is 0 Å². The zero-order valence-electron chi connectivity index (χ0n) is 15.7. The summed E-state index contributed by atoms with van der Waals surface area (Å²) in [7, 11) is 0. The minimum absolute atomic E-state index is 0.161. The summed E-state index contributed by atoms with van der Waals surface area (Å²) in [6, 6.07) is 12.4. The van der Waals surface area contributed by atoms with Crippen LogP contribution in [-0.4, -0.2) is 27.4 Å². The van der Waals surface area contributed by atoms with E-state index in [1.807, 2.05) is 12.1 Å². The fourth-order valence-electron chi connectivity index (χ4n) is 3.51. The number of amides is 1. The molecule has 1 aliphatic rings. The molecule has 0 saturated carbocycles. The molecule has 3 aromatic rings. The molecule has 0 fully saturated rings. The van der Waals surface area contributed by atoms with Crippen LogP contribution in [0.4, 0.5) is 11.8 Å². The number of nitrogens with one attached hydrogen (secondary N) is 1. The Morgan fingerprint density at radius 3 is 2.82 bits per heavy atom. The summed E-state index contributed by atoms with van der Waals surface area (Å²) in [6.07, 6.45) is 4.23. The molecule has 28 heavy (non-hydrogen) atoms. The van der Waals surface area contributed by atoms with Crippen LogP contribution >= 0.6 is 0 Å². The number of carbonyl (C=O) groups is 1. The lowest BCUT2D eigenvalue weighted by molar-refractivity contribution is 0.0949. The van der Waals surface area contributed by atoms with Crippen molar-refractivity contribution in [2.45, 2.75) is 26.4 Å². The molecule has 1 aliphatic heterocycles. The number of carbonyl (C=O) groups excluding carboxylic acids is 1. The van der Waals surface area contributed by atoms with Gasteiger partial charge in [0.2, 0.25) is 5.95 Å². The monoisotopic (exact) mass is 374 g/mol. The molecule has 0 bridgehead atoms. The van der Waals surface area contributed by atoms with Gasteiger partial charge in [-0.3, -0.25) is 4.79 Å². The number of rotatable bonds is 4. The van der Waals surface area contributed by atoms with Crippen LogP contribution in [0, 0.1) is 6.92 Å². The zero-order valence-corrected chi connectivity index (χ0v) is 15.7. The Bertz CT molecular complexity index is 1020. The van der Waals surface area contributed by atoms with E-state index < -0.39 is 0 Å². The summed E-state index contributed by atoms with van der Waals surface area (Å²) in [5.41, 5.74) is 10.2. The Kier molecular flexibility index (Phi) is 4.89. The number of aryl methyl sites for hydroxylation is 1. The summed E-state index contributed by atoms with van der Waals surface area (Å²) in [5, 5.41) is 2.95. The maximum atomic E-state index is 12.5. The van der Waals surface area contributed by atoms with E-state index in [1.54, 1.807) is 13.1 Å². The third-order valence-corrected chi connectivity index (χ3v) is 4.98. The lowest BCUT2D eigenvalue weighted by Crippen LogP contribution is -2.33. The minimum atomic E-state index is -0.226. The molecule has 1 amide bonds. The number of hydrogen-bond acceptors (Lipinski definition) is 6. The van der Waals surface area contributed by atoms with Crippen LogP contribution in [0.25, 0.3) is 0 Å². The maximum Gasteiger partial charge on any atom is 0.254 e. The molecule has 7 heteroatoms. The van der Waals surface area contributed by atoms with Gasteiger partial charge in [-0.1, -0.05) is 30.3 Å². The SMILES string of the molecule is Cc1nc(N)ncc1C(=O)NCc1cccnc1N1CCc2ccccc2C1. The van der Waals surface area contributed by atoms with E-state index in [-0.39, 0.29) is 11.9 Å². The maximum absolute atomic E-state index is 12.5. The van der Waals surface area contributed by atoms with E-state index in [4.69, 9.17) is 5.73 Å². The Balaban J connectivity index is 1.50. The molecule has 4 rings (SSSR count). The Morgan fingerprint density at radius 1 is 1.18 bits per heavy atom. The number of fused-ring (bicyclic) bond motifs is 1. The molecule has 3 N–H and O–H groups in total. The highest BCUT2D eigenvalue weighted by molar-refractivity contribution is 5.95. The highest BCUT2D eigenvalue weighted by Gasteiger charge is 2.20. The van der Waals surface area contributed by atoms with Crippen molar-refractivity contribution >= 4 is 17.7 Å². The van der Waals surface area contributed by atoms with E-state index in [0.717, 1.165) is 30.9 Å². The summed E-state index contributed by atoms with van der Waals surface area (Å²) in [6.45, 7) is 3.84. The van der Waals surface area contributed by atoms with E-state index in [1.165, 1.54) is 17.3 Å². The Morgan fingerprint density at radius 2 is 2.00 bits per heavy atom. The van der Waals surface area contributed by atoms with Crippen molar-refractivity contribution in [1.82, 2.24) is 20.3 Å². The van der Waals surface area contributed by atoms with E-state index in [0.29, 0.717) is 17.8 Å². The molecule has 142 valence electrons. The van der Waals surface area contributed by atoms with Crippen molar-refractivity contribution in [1.29, 1.82) is 0 Å². The van der Waals surface area contributed by atoms with Gasteiger partial charge in [0.15, 0.2) is 0 Å². The number of nitrogens with zero attached hydrogens (tertiary/aromatic N) is 4. The third kappa shape index (κ3) is 3.64. The fraction of sp³-hybridized carbons (Fsp3) is 0.238. The Labute approximate surface area is 163 Å². The molecule has 0 saturated heterocycles. The van der Waals surface area contributed by atoms with Gasteiger partial charge in [-0.25, -0.2) is 15.0 Å². The molecule has 0 atom stereocenters. The molecule has 0 aliphatic carbocycles. The van der Waals surface area contributed by atoms with Gasteiger partial charge in [-0.2, -0.15) is 0 Å². The van der Waals surface area contributed by atoms with Gasteiger partial charge < -0.3 is 16.0 Å². The van der Waals surface area contributed by atoms with Crippen LogP contribution in [0.3, 0.4) is 0 Å². The van der Waals surface area contributed by atoms with Crippen molar-refractivity contribution in [3.63, 3.8) is 0 Å².